The molecule has 0 radical (unpaired) electrons. The molecule has 31 nitrogen and oxygen atoms in total. The number of carbonyl (C=O) groups excluding carboxylic acids is 11. The van der Waals surface area contributed by atoms with E-state index >= 15 is 0 Å². The number of guanidine groups is 1. The number of primary amides is 3. The molecule has 33 heteroatoms. The molecule has 0 saturated carbocycles. The minimum absolute atomic E-state index is 0.00106. The molecule has 22 N–H and O–H groups in total. The van der Waals surface area contributed by atoms with Crippen LogP contribution in [0.1, 0.15) is 69.9 Å². The maximum Gasteiger partial charge on any atom is 0.300 e. The van der Waals surface area contributed by atoms with E-state index in [0.29, 0.717) is 17.5 Å². The van der Waals surface area contributed by atoms with E-state index in [1.807, 2.05) is 0 Å². The van der Waals surface area contributed by atoms with E-state index in [0.717, 1.165) is 35.4 Å². The fraction of sp³-hybridized carbons (Fsp3) is 0.480. The van der Waals surface area contributed by atoms with Gasteiger partial charge in [0.15, 0.2) is 5.96 Å². The van der Waals surface area contributed by atoms with E-state index in [1.54, 1.807) is 30.3 Å². The van der Waals surface area contributed by atoms with Crippen molar-refractivity contribution in [3.63, 3.8) is 0 Å². The SMILES string of the molecule is CC(=O)O.CC(=O)O.NC(=O)CCC1NC(=O)[C@H](Cc2ccccc2)NC(=O)C(Cc2ccc(O)cc2)NC(=O)[C@@H](N)CSSCC(C(=O)N2CCC[C@H]2C(=O)N[C@@H](CCCN=C(N)N)C(=O)NCC(N)=O)NC(=O)[C@H](CC(N)=O)NC1=O. The fourth-order valence-corrected chi connectivity index (χ4v) is 10.1. The summed E-state index contributed by atoms with van der Waals surface area (Å²) in [4.78, 5) is 171. The molecule has 2 saturated heterocycles. The second kappa shape index (κ2) is 36.6. The Kier molecular flexibility index (Phi) is 31.0. The molecule has 2 aliphatic heterocycles. The van der Waals surface area contributed by atoms with Gasteiger partial charge in [0.2, 0.25) is 65.0 Å². The number of hydrogen-bond donors (Lipinski definition) is 16. The van der Waals surface area contributed by atoms with Gasteiger partial charge in [-0.05, 0) is 55.4 Å². The molecule has 2 aromatic carbocycles. The Morgan fingerprint density at radius 2 is 1.20 bits per heavy atom. The molecule has 0 bridgehead atoms. The van der Waals surface area contributed by atoms with Crippen molar-refractivity contribution in [2.75, 3.05) is 31.1 Å². The van der Waals surface area contributed by atoms with E-state index in [-0.39, 0.29) is 68.4 Å². The third-order valence-electron chi connectivity index (χ3n) is 11.6. The zero-order valence-electron chi connectivity index (χ0n) is 45.5. The maximum absolute atomic E-state index is 14.6. The van der Waals surface area contributed by atoms with E-state index in [4.69, 9.17) is 54.2 Å². The third kappa shape index (κ3) is 28.0. The van der Waals surface area contributed by atoms with Crippen LogP contribution in [0.4, 0.5) is 0 Å². The number of carboxylic acid groups (broad SMARTS) is 2. The fourth-order valence-electron chi connectivity index (χ4n) is 7.80. The summed E-state index contributed by atoms with van der Waals surface area (Å²) in [6.07, 6.45) is -1.38. The van der Waals surface area contributed by atoms with Crippen molar-refractivity contribution in [2.24, 2.45) is 39.4 Å². The molecule has 3 unspecified atom stereocenters. The van der Waals surface area contributed by atoms with Crippen LogP contribution in [0.5, 0.6) is 5.75 Å². The molecular weight excluding hydrogens is 1130 g/mol. The van der Waals surface area contributed by atoms with Gasteiger partial charge in [0.25, 0.3) is 11.9 Å². The molecule has 8 atom stereocenters. The summed E-state index contributed by atoms with van der Waals surface area (Å²) in [5.74, 6) is -12.2. The summed E-state index contributed by atoms with van der Waals surface area (Å²) in [5.41, 5.74) is 34.4. The van der Waals surface area contributed by atoms with Gasteiger partial charge in [-0.2, -0.15) is 0 Å². The van der Waals surface area contributed by atoms with Crippen LogP contribution in [-0.2, 0) is 75.2 Å². The van der Waals surface area contributed by atoms with Crippen molar-refractivity contribution >= 4 is 104 Å². The van der Waals surface area contributed by atoms with Crippen LogP contribution < -0.4 is 71.6 Å². The van der Waals surface area contributed by atoms with Crippen molar-refractivity contribution < 1.29 is 77.6 Å². The lowest BCUT2D eigenvalue weighted by atomic mass is 10.0. The Hall–Kier alpha value is -8.72. The quantitative estimate of drug-likeness (QED) is 0.0270. The van der Waals surface area contributed by atoms with Crippen LogP contribution in [0.25, 0.3) is 0 Å². The average Bonchev–Trinajstić information content (AvgIpc) is 4.09. The number of phenolic OH excluding ortho intramolecular Hbond substituents is 1. The van der Waals surface area contributed by atoms with Crippen LogP contribution in [0.3, 0.4) is 0 Å². The van der Waals surface area contributed by atoms with Gasteiger partial charge in [-0.1, -0.05) is 64.1 Å². The lowest BCUT2D eigenvalue weighted by molar-refractivity contribution is -0.142. The van der Waals surface area contributed by atoms with E-state index < -0.39 is 151 Å². The molecule has 0 aromatic heterocycles. The molecule has 2 fully saturated rings. The highest BCUT2D eigenvalue weighted by Crippen LogP contribution is 2.26. The van der Waals surface area contributed by atoms with Crippen LogP contribution in [0.15, 0.2) is 59.6 Å². The number of carboxylic acids is 2. The Morgan fingerprint density at radius 1 is 0.687 bits per heavy atom. The molecule has 2 aromatic rings. The van der Waals surface area contributed by atoms with Gasteiger partial charge in [0, 0.05) is 57.7 Å². The number of phenols is 1. The summed E-state index contributed by atoms with van der Waals surface area (Å²) < 4.78 is 0. The van der Waals surface area contributed by atoms with E-state index in [9.17, 15) is 57.8 Å². The molecule has 4 rings (SSSR count). The first-order chi connectivity index (χ1) is 39.1. The van der Waals surface area contributed by atoms with Crippen molar-refractivity contribution in [1.29, 1.82) is 0 Å². The van der Waals surface area contributed by atoms with Crippen LogP contribution in [0.2, 0.25) is 0 Å². The van der Waals surface area contributed by atoms with Crippen molar-refractivity contribution in [3.8, 4) is 5.75 Å². The number of likely N-dealkylation sites (tertiary alicyclic amines) is 1. The molecule has 2 aliphatic rings. The van der Waals surface area contributed by atoms with Gasteiger partial charge in [-0.15, -0.1) is 0 Å². The molecule has 0 aliphatic carbocycles. The van der Waals surface area contributed by atoms with Crippen molar-refractivity contribution in [3.05, 3.63) is 65.7 Å². The number of benzene rings is 2. The highest BCUT2D eigenvalue weighted by Gasteiger charge is 2.40. The summed E-state index contributed by atoms with van der Waals surface area (Å²) in [6, 6.07) is 2.80. The zero-order valence-corrected chi connectivity index (χ0v) is 47.2. The second-order valence-corrected chi connectivity index (χ2v) is 21.2. The number of carbonyl (C=O) groups is 13. The minimum atomic E-state index is -1.80. The van der Waals surface area contributed by atoms with Crippen molar-refractivity contribution in [2.45, 2.75) is 120 Å². The Morgan fingerprint density at radius 3 is 1.76 bits per heavy atom. The average molecular weight is 1200 g/mol. The minimum Gasteiger partial charge on any atom is -0.508 e. The number of nitrogens with two attached hydrogens (primary N) is 6. The number of hydrogen-bond acceptors (Lipinski definition) is 18. The van der Waals surface area contributed by atoms with Crippen LogP contribution >= 0.6 is 21.6 Å². The first kappa shape index (κ1) is 70.4. The maximum atomic E-state index is 14.6. The van der Waals surface area contributed by atoms with Gasteiger partial charge >= 0.3 is 0 Å². The van der Waals surface area contributed by atoms with Gasteiger partial charge < -0.3 is 91.8 Å². The topological polar surface area (TPSA) is 539 Å². The number of aromatic hydroxyl groups is 1. The highest BCUT2D eigenvalue weighted by atomic mass is 33.1. The number of aliphatic imine (C=N–C) groups is 1. The van der Waals surface area contributed by atoms with Crippen LogP contribution in [0, 0.1) is 0 Å². The van der Waals surface area contributed by atoms with Gasteiger partial charge in [0.1, 0.15) is 48.0 Å². The number of amides is 11. The Bertz CT molecular complexity index is 2610. The summed E-state index contributed by atoms with van der Waals surface area (Å²) in [5, 5.41) is 42.5. The molecule has 456 valence electrons. The predicted octanol–water partition coefficient (Wildman–Crippen LogP) is -5.22. The largest absolute Gasteiger partial charge is 0.508 e. The molecular formula is C50H73N15O16S2. The number of nitrogens with zero attached hydrogens (tertiary/aromatic N) is 2. The first-order valence-electron chi connectivity index (χ1n) is 25.6. The number of rotatable bonds is 19. The summed E-state index contributed by atoms with van der Waals surface area (Å²) >= 11 is 0. The highest BCUT2D eigenvalue weighted by molar-refractivity contribution is 8.76. The number of aliphatic carboxylic acids is 2. The normalized spacial score (nSPS) is 21.0. The first-order valence-corrected chi connectivity index (χ1v) is 28.1. The summed E-state index contributed by atoms with van der Waals surface area (Å²) in [6.45, 7) is 1.72. The molecule has 2 heterocycles. The molecule has 83 heavy (non-hydrogen) atoms. The molecule has 0 spiro atoms. The van der Waals surface area contributed by atoms with Gasteiger partial charge in [0.05, 0.1) is 19.0 Å². The standard InChI is InChI=1S/C46H65N15O12S2.2C2H4O2/c47-27-22-74-75-23-33(45(73)61-17-5-9-34(61)44(72)56-28(8-4-16-53-46(51)52)39(67)54-21-37(50)65)60-43(71)32(20-36(49)64)59-40(68)29(14-15-35(48)63)55-41(69)31(18-24-6-2-1-3-7-24)58-42(70)30(57-38(27)66)19-25-10-12-26(62)13-11-25;2*1-2(3)4/h1-3,6-7,10-13,27-34,62H,4-5,8-9,14-23,47H2,(H2,48,63)(H2,49,64)(H2,50,65)(H,54,67)(H,55,69)(H,56,72)(H,57,66)(H,58,70)(H,59,68)(H,60,71)(H4,51,52,53);2*1H3,(H,3,4)/t27-,28-,29?,30?,31-,32-,33?,34-;;/m0../s1. The predicted molar refractivity (Wildman–Crippen MR) is 302 cm³/mol. The Balaban J connectivity index is 0.00000275. The monoisotopic (exact) mass is 1200 g/mol. The van der Waals surface area contributed by atoms with E-state index in [2.05, 4.69) is 42.2 Å². The third-order valence-corrected chi connectivity index (χ3v) is 14.1. The number of nitrogens with one attached hydrogen (secondary N) is 7. The lowest BCUT2D eigenvalue weighted by Gasteiger charge is -2.31. The van der Waals surface area contributed by atoms with E-state index in [1.165, 1.54) is 29.2 Å². The lowest BCUT2D eigenvalue weighted by Crippen LogP contribution is -2.61. The smallest absolute Gasteiger partial charge is 0.300 e. The van der Waals surface area contributed by atoms with Gasteiger partial charge in [-0.3, -0.25) is 67.3 Å². The summed E-state index contributed by atoms with van der Waals surface area (Å²) in [7, 11) is 1.99. The second-order valence-electron chi connectivity index (χ2n) is 18.6. The van der Waals surface area contributed by atoms with Crippen LogP contribution in [-0.4, -0.2) is 183 Å². The van der Waals surface area contributed by atoms with Crippen molar-refractivity contribution in [1.82, 2.24) is 42.1 Å². The van der Waals surface area contributed by atoms with Gasteiger partial charge in [-0.25, -0.2) is 0 Å². The molecule has 11 amide bonds. The Labute approximate surface area is 484 Å². The zero-order chi connectivity index (χ0) is 62.3.